The molecule has 92 valence electrons. The zero-order chi connectivity index (χ0) is 12.5. The fourth-order valence-electron chi connectivity index (χ4n) is 2.44. The van der Waals surface area contributed by atoms with Gasteiger partial charge in [0.2, 0.25) is 0 Å². The summed E-state index contributed by atoms with van der Waals surface area (Å²) in [6.07, 6.45) is 4.39. The van der Waals surface area contributed by atoms with Crippen LogP contribution in [0.5, 0.6) is 0 Å². The van der Waals surface area contributed by atoms with Crippen LogP contribution in [0.15, 0.2) is 18.2 Å². The maximum absolute atomic E-state index is 10.7. The number of carboxylic acid groups (broad SMARTS) is 1. The average Bonchev–Trinajstić information content (AvgIpc) is 2.35. The molecule has 0 atom stereocenters. The van der Waals surface area contributed by atoms with E-state index in [2.05, 4.69) is 9.97 Å². The van der Waals surface area contributed by atoms with Crippen molar-refractivity contribution in [1.29, 1.82) is 0 Å². The van der Waals surface area contributed by atoms with Gasteiger partial charge in [0.25, 0.3) is 0 Å². The minimum atomic E-state index is -0.819. The van der Waals surface area contributed by atoms with Crippen molar-refractivity contribution in [1.82, 2.24) is 9.97 Å². The SMILES string of the molecule is O=C(O)Cc1ccc2nc3c(nc2c1)CCCC3. The van der Waals surface area contributed by atoms with Crippen LogP contribution in [-0.2, 0) is 24.1 Å². The second-order valence-corrected chi connectivity index (χ2v) is 4.72. The number of fused-ring (bicyclic) bond motifs is 2. The number of aromatic nitrogens is 2. The first-order valence-electron chi connectivity index (χ1n) is 6.22. The average molecular weight is 242 g/mol. The second kappa shape index (κ2) is 4.37. The van der Waals surface area contributed by atoms with Crippen molar-refractivity contribution in [2.24, 2.45) is 0 Å². The molecule has 1 aromatic carbocycles. The summed E-state index contributed by atoms with van der Waals surface area (Å²) in [6, 6.07) is 5.53. The first kappa shape index (κ1) is 11.1. The zero-order valence-electron chi connectivity index (χ0n) is 10.0. The molecule has 4 heteroatoms. The maximum Gasteiger partial charge on any atom is 0.307 e. The molecule has 0 bridgehead atoms. The van der Waals surface area contributed by atoms with Crippen molar-refractivity contribution in [2.75, 3.05) is 0 Å². The molecule has 0 saturated heterocycles. The summed E-state index contributed by atoms with van der Waals surface area (Å²) in [4.78, 5) is 20.0. The standard InChI is InChI=1S/C14H14N2O2/c17-14(18)8-9-5-6-12-13(7-9)16-11-4-2-1-3-10(11)15-12/h5-7H,1-4,8H2,(H,17,18). The Morgan fingerprint density at radius 2 is 1.78 bits per heavy atom. The molecular formula is C14H14N2O2. The van der Waals surface area contributed by atoms with Crippen molar-refractivity contribution < 1.29 is 9.90 Å². The molecule has 0 saturated carbocycles. The summed E-state index contributed by atoms with van der Waals surface area (Å²) < 4.78 is 0. The summed E-state index contributed by atoms with van der Waals surface area (Å²) >= 11 is 0. The Hall–Kier alpha value is -1.97. The summed E-state index contributed by atoms with van der Waals surface area (Å²) in [6.45, 7) is 0. The number of rotatable bonds is 2. The number of nitrogens with zero attached hydrogens (tertiary/aromatic N) is 2. The molecule has 1 aliphatic rings. The molecule has 1 aromatic heterocycles. The van der Waals surface area contributed by atoms with Crippen molar-refractivity contribution >= 4 is 17.0 Å². The predicted molar refractivity (Wildman–Crippen MR) is 67.5 cm³/mol. The van der Waals surface area contributed by atoms with E-state index < -0.39 is 5.97 Å². The highest BCUT2D eigenvalue weighted by atomic mass is 16.4. The van der Waals surface area contributed by atoms with Crippen molar-refractivity contribution in [3.63, 3.8) is 0 Å². The number of aliphatic carboxylic acids is 1. The van der Waals surface area contributed by atoms with Crippen LogP contribution in [-0.4, -0.2) is 21.0 Å². The third-order valence-corrected chi connectivity index (χ3v) is 3.32. The van der Waals surface area contributed by atoms with Gasteiger partial charge in [0.05, 0.1) is 28.8 Å². The van der Waals surface area contributed by atoms with Crippen LogP contribution in [0.3, 0.4) is 0 Å². The molecule has 3 rings (SSSR count). The Bertz CT molecular complexity index is 622. The van der Waals surface area contributed by atoms with E-state index in [1.807, 2.05) is 18.2 Å². The highest BCUT2D eigenvalue weighted by molar-refractivity contribution is 5.78. The first-order valence-corrected chi connectivity index (χ1v) is 6.22. The Balaban J connectivity index is 2.07. The maximum atomic E-state index is 10.7. The number of aryl methyl sites for hydroxylation is 2. The second-order valence-electron chi connectivity index (χ2n) is 4.72. The largest absolute Gasteiger partial charge is 0.481 e. The van der Waals surface area contributed by atoms with Crippen molar-refractivity contribution in [3.8, 4) is 0 Å². The Kier molecular flexibility index (Phi) is 2.70. The summed E-state index contributed by atoms with van der Waals surface area (Å²) in [5.74, 6) is -0.819. The molecular weight excluding hydrogens is 228 g/mol. The fraction of sp³-hybridized carbons (Fsp3) is 0.357. The van der Waals surface area contributed by atoms with Gasteiger partial charge in [0.15, 0.2) is 0 Å². The molecule has 1 aliphatic carbocycles. The van der Waals surface area contributed by atoms with E-state index in [4.69, 9.17) is 5.11 Å². The first-order chi connectivity index (χ1) is 8.72. The minimum Gasteiger partial charge on any atom is -0.481 e. The number of carboxylic acids is 1. The molecule has 0 spiro atoms. The molecule has 0 fully saturated rings. The van der Waals surface area contributed by atoms with Gasteiger partial charge >= 0.3 is 5.97 Å². The van der Waals surface area contributed by atoms with Crippen LogP contribution in [0, 0.1) is 0 Å². The molecule has 18 heavy (non-hydrogen) atoms. The van der Waals surface area contributed by atoms with Gasteiger partial charge in [-0.3, -0.25) is 4.79 Å². The smallest absolute Gasteiger partial charge is 0.307 e. The van der Waals surface area contributed by atoms with Crippen molar-refractivity contribution in [2.45, 2.75) is 32.1 Å². The zero-order valence-corrected chi connectivity index (χ0v) is 10.0. The van der Waals surface area contributed by atoms with Crippen LogP contribution < -0.4 is 0 Å². The van der Waals surface area contributed by atoms with Gasteiger partial charge in [-0.1, -0.05) is 6.07 Å². The van der Waals surface area contributed by atoms with Gasteiger partial charge < -0.3 is 5.11 Å². The third-order valence-electron chi connectivity index (χ3n) is 3.32. The van der Waals surface area contributed by atoms with Gasteiger partial charge in [-0.05, 0) is 43.4 Å². The van der Waals surface area contributed by atoms with E-state index in [1.54, 1.807) is 0 Å². The number of carbonyl (C=O) groups is 1. The van der Waals surface area contributed by atoms with E-state index in [1.165, 1.54) is 12.8 Å². The normalized spacial score (nSPS) is 14.4. The quantitative estimate of drug-likeness (QED) is 0.876. The predicted octanol–water partition coefficient (Wildman–Crippen LogP) is 2.14. The lowest BCUT2D eigenvalue weighted by Crippen LogP contribution is -2.08. The van der Waals surface area contributed by atoms with Crippen LogP contribution in [0.25, 0.3) is 11.0 Å². The highest BCUT2D eigenvalue weighted by Gasteiger charge is 2.13. The molecule has 1 N–H and O–H groups in total. The van der Waals surface area contributed by atoms with E-state index in [-0.39, 0.29) is 6.42 Å². The number of hydrogen-bond acceptors (Lipinski definition) is 3. The lowest BCUT2D eigenvalue weighted by atomic mass is 10.00. The van der Waals surface area contributed by atoms with Gasteiger partial charge in [0.1, 0.15) is 0 Å². The monoisotopic (exact) mass is 242 g/mol. The molecule has 0 amide bonds. The number of hydrogen-bond donors (Lipinski definition) is 1. The molecule has 1 heterocycles. The van der Waals surface area contributed by atoms with Crippen LogP contribution in [0.1, 0.15) is 29.8 Å². The fourth-order valence-corrected chi connectivity index (χ4v) is 2.44. The van der Waals surface area contributed by atoms with Crippen molar-refractivity contribution in [3.05, 3.63) is 35.2 Å². The molecule has 2 aromatic rings. The Morgan fingerprint density at radius 1 is 1.11 bits per heavy atom. The Morgan fingerprint density at radius 3 is 2.44 bits per heavy atom. The summed E-state index contributed by atoms with van der Waals surface area (Å²) in [5.41, 5.74) is 4.65. The highest BCUT2D eigenvalue weighted by Crippen LogP contribution is 2.21. The van der Waals surface area contributed by atoms with Gasteiger partial charge in [-0.15, -0.1) is 0 Å². The molecule has 0 radical (unpaired) electrons. The van der Waals surface area contributed by atoms with Crippen LogP contribution in [0.2, 0.25) is 0 Å². The van der Waals surface area contributed by atoms with Gasteiger partial charge in [-0.2, -0.15) is 0 Å². The Labute approximate surface area is 105 Å². The van der Waals surface area contributed by atoms with E-state index in [0.29, 0.717) is 0 Å². The van der Waals surface area contributed by atoms with E-state index in [9.17, 15) is 4.79 Å². The van der Waals surface area contributed by atoms with Gasteiger partial charge in [0, 0.05) is 0 Å². The lowest BCUT2D eigenvalue weighted by Gasteiger charge is -2.14. The summed E-state index contributed by atoms with van der Waals surface area (Å²) in [7, 11) is 0. The summed E-state index contributed by atoms with van der Waals surface area (Å²) in [5, 5.41) is 8.80. The van der Waals surface area contributed by atoms with E-state index >= 15 is 0 Å². The van der Waals surface area contributed by atoms with Gasteiger partial charge in [-0.25, -0.2) is 9.97 Å². The van der Waals surface area contributed by atoms with Crippen LogP contribution >= 0.6 is 0 Å². The lowest BCUT2D eigenvalue weighted by molar-refractivity contribution is -0.136. The molecule has 4 nitrogen and oxygen atoms in total. The topological polar surface area (TPSA) is 63.1 Å². The minimum absolute atomic E-state index is 0.0364. The molecule has 0 unspecified atom stereocenters. The third kappa shape index (κ3) is 2.06. The molecule has 0 aliphatic heterocycles. The van der Waals surface area contributed by atoms with E-state index in [0.717, 1.165) is 40.8 Å². The number of benzene rings is 1. The van der Waals surface area contributed by atoms with Crippen LogP contribution in [0.4, 0.5) is 0 Å².